The number of carbonyl (C=O) groups is 1. The zero-order chi connectivity index (χ0) is 16.3. The van der Waals surface area contributed by atoms with E-state index < -0.39 is 17.7 Å². The summed E-state index contributed by atoms with van der Waals surface area (Å²) in [6.07, 6.45) is -2.88. The molecule has 5 heteroatoms. The van der Waals surface area contributed by atoms with E-state index in [1.165, 1.54) is 25.1 Å². The fourth-order valence-electron chi connectivity index (χ4n) is 2.02. The van der Waals surface area contributed by atoms with E-state index in [2.05, 4.69) is 0 Å². The third-order valence-electron chi connectivity index (χ3n) is 3.19. The highest BCUT2D eigenvalue weighted by Gasteiger charge is 2.30. The van der Waals surface area contributed by atoms with Gasteiger partial charge in [0.25, 0.3) is 0 Å². The van der Waals surface area contributed by atoms with Crippen molar-refractivity contribution < 1.29 is 23.1 Å². The highest BCUT2D eigenvalue weighted by molar-refractivity contribution is 5.93. The number of hydrogen-bond acceptors (Lipinski definition) is 1. The fraction of sp³-hybridized carbons (Fsp3) is 0.118. The molecule has 2 aromatic carbocycles. The number of benzene rings is 2. The number of carboxylic acids is 1. The van der Waals surface area contributed by atoms with Gasteiger partial charge in [-0.1, -0.05) is 36.4 Å². The zero-order valence-corrected chi connectivity index (χ0v) is 11.7. The van der Waals surface area contributed by atoms with Gasteiger partial charge in [-0.15, -0.1) is 0 Å². The summed E-state index contributed by atoms with van der Waals surface area (Å²) in [4.78, 5) is 10.9. The Balaban J connectivity index is 2.46. The van der Waals surface area contributed by atoms with Crippen LogP contribution >= 0.6 is 0 Å². The predicted molar refractivity (Wildman–Crippen MR) is 78.2 cm³/mol. The van der Waals surface area contributed by atoms with Crippen molar-refractivity contribution in [3.8, 4) is 11.1 Å². The first-order chi connectivity index (χ1) is 10.3. The number of alkyl halides is 3. The molecule has 0 aliphatic carbocycles. The maximum Gasteiger partial charge on any atom is 0.416 e. The monoisotopic (exact) mass is 306 g/mol. The molecule has 2 aromatic rings. The van der Waals surface area contributed by atoms with Crippen molar-refractivity contribution in [2.75, 3.05) is 0 Å². The van der Waals surface area contributed by atoms with Crippen LogP contribution in [-0.2, 0) is 11.0 Å². The summed E-state index contributed by atoms with van der Waals surface area (Å²) in [5, 5.41) is 8.94. The van der Waals surface area contributed by atoms with Gasteiger partial charge in [0, 0.05) is 5.57 Å². The molecule has 0 aromatic heterocycles. The van der Waals surface area contributed by atoms with Gasteiger partial charge in [0.05, 0.1) is 5.56 Å². The van der Waals surface area contributed by atoms with Crippen LogP contribution in [0.5, 0.6) is 0 Å². The minimum absolute atomic E-state index is 0.152. The Morgan fingerprint density at radius 3 is 2.18 bits per heavy atom. The van der Waals surface area contributed by atoms with Crippen LogP contribution in [0.3, 0.4) is 0 Å². The van der Waals surface area contributed by atoms with E-state index in [0.717, 1.165) is 12.1 Å². The summed E-state index contributed by atoms with van der Waals surface area (Å²) >= 11 is 0. The summed E-state index contributed by atoms with van der Waals surface area (Å²) in [5.74, 6) is -1.04. The van der Waals surface area contributed by atoms with E-state index in [-0.39, 0.29) is 5.57 Å². The number of halogens is 3. The topological polar surface area (TPSA) is 37.3 Å². The van der Waals surface area contributed by atoms with Gasteiger partial charge in [0.15, 0.2) is 0 Å². The van der Waals surface area contributed by atoms with E-state index in [0.29, 0.717) is 16.7 Å². The van der Waals surface area contributed by atoms with Gasteiger partial charge in [-0.3, -0.25) is 0 Å². The van der Waals surface area contributed by atoms with E-state index >= 15 is 0 Å². The highest BCUT2D eigenvalue weighted by atomic mass is 19.4. The summed E-state index contributed by atoms with van der Waals surface area (Å²) in [6.45, 7) is 1.46. The Kier molecular flexibility index (Phi) is 4.35. The van der Waals surface area contributed by atoms with E-state index in [9.17, 15) is 18.0 Å². The molecule has 2 rings (SSSR count). The second-order valence-electron chi connectivity index (χ2n) is 4.79. The molecular formula is C17H13F3O2. The zero-order valence-electron chi connectivity index (χ0n) is 11.7. The van der Waals surface area contributed by atoms with Crippen LogP contribution in [0.15, 0.2) is 54.1 Å². The van der Waals surface area contributed by atoms with Crippen molar-refractivity contribution in [1.82, 2.24) is 0 Å². The van der Waals surface area contributed by atoms with Gasteiger partial charge in [-0.2, -0.15) is 13.2 Å². The molecule has 0 saturated heterocycles. The fourth-order valence-corrected chi connectivity index (χ4v) is 2.02. The van der Waals surface area contributed by atoms with Crippen molar-refractivity contribution in [2.45, 2.75) is 13.1 Å². The Morgan fingerprint density at radius 2 is 1.64 bits per heavy atom. The van der Waals surface area contributed by atoms with Crippen LogP contribution in [0, 0.1) is 0 Å². The molecule has 0 bridgehead atoms. The smallest absolute Gasteiger partial charge is 0.416 e. The molecular weight excluding hydrogens is 293 g/mol. The predicted octanol–water partition coefficient (Wildman–Crippen LogP) is 4.86. The van der Waals surface area contributed by atoms with Crippen LogP contribution < -0.4 is 0 Å². The van der Waals surface area contributed by atoms with E-state index in [1.54, 1.807) is 24.3 Å². The molecule has 0 aliphatic heterocycles. The molecule has 0 amide bonds. The lowest BCUT2D eigenvalue weighted by Crippen LogP contribution is -2.04. The molecule has 0 atom stereocenters. The van der Waals surface area contributed by atoms with E-state index in [4.69, 9.17) is 5.11 Å². The molecule has 0 fully saturated rings. The number of rotatable bonds is 3. The summed E-state index contributed by atoms with van der Waals surface area (Å²) in [5.41, 5.74) is 1.35. The second kappa shape index (κ2) is 6.05. The van der Waals surface area contributed by atoms with Crippen molar-refractivity contribution in [3.63, 3.8) is 0 Å². The van der Waals surface area contributed by atoms with Gasteiger partial charge in [-0.05, 0) is 41.8 Å². The summed E-state index contributed by atoms with van der Waals surface area (Å²) < 4.78 is 37.8. The van der Waals surface area contributed by atoms with Gasteiger partial charge < -0.3 is 5.11 Å². The minimum atomic E-state index is -4.38. The molecule has 1 N–H and O–H groups in total. The standard InChI is InChI=1S/C17H13F3O2/c1-11(16(21)22)10-13-4-2-3-5-15(13)12-6-8-14(9-7-12)17(18,19)20/h2-10H,1H3,(H,21,22)/b11-10+. The molecule has 2 nitrogen and oxygen atoms in total. The molecule has 0 saturated carbocycles. The SMILES string of the molecule is C/C(=C\c1ccccc1-c1ccc(C(F)(F)F)cc1)C(=O)O. The Hall–Kier alpha value is -2.56. The first-order valence-electron chi connectivity index (χ1n) is 6.47. The highest BCUT2D eigenvalue weighted by Crippen LogP contribution is 2.32. The van der Waals surface area contributed by atoms with Gasteiger partial charge in [0.2, 0.25) is 0 Å². The number of carboxylic acid groups (broad SMARTS) is 1. The Labute approximate surface area is 125 Å². The van der Waals surface area contributed by atoms with Crippen molar-refractivity contribution in [3.05, 3.63) is 65.2 Å². The lowest BCUT2D eigenvalue weighted by atomic mass is 9.97. The molecule has 114 valence electrons. The minimum Gasteiger partial charge on any atom is -0.478 e. The quantitative estimate of drug-likeness (QED) is 0.822. The molecule has 22 heavy (non-hydrogen) atoms. The van der Waals surface area contributed by atoms with Crippen LogP contribution in [0.25, 0.3) is 17.2 Å². The summed E-state index contributed by atoms with van der Waals surface area (Å²) in [6, 6.07) is 11.7. The summed E-state index contributed by atoms with van der Waals surface area (Å²) in [7, 11) is 0. The van der Waals surface area contributed by atoms with Gasteiger partial charge in [-0.25, -0.2) is 4.79 Å². The Morgan fingerprint density at radius 1 is 1.05 bits per heavy atom. The lowest BCUT2D eigenvalue weighted by molar-refractivity contribution is -0.137. The van der Waals surface area contributed by atoms with E-state index in [1.807, 2.05) is 0 Å². The normalized spacial score (nSPS) is 12.3. The van der Waals surface area contributed by atoms with Gasteiger partial charge in [0.1, 0.15) is 0 Å². The average Bonchev–Trinajstić information content (AvgIpc) is 2.47. The van der Waals surface area contributed by atoms with Crippen molar-refractivity contribution in [2.24, 2.45) is 0 Å². The van der Waals surface area contributed by atoms with Crippen LogP contribution in [0.4, 0.5) is 13.2 Å². The first-order valence-corrected chi connectivity index (χ1v) is 6.47. The molecule has 0 spiro atoms. The third-order valence-corrected chi connectivity index (χ3v) is 3.19. The maximum absolute atomic E-state index is 12.6. The average molecular weight is 306 g/mol. The molecule has 0 aliphatic rings. The van der Waals surface area contributed by atoms with Crippen LogP contribution in [0.2, 0.25) is 0 Å². The van der Waals surface area contributed by atoms with Crippen molar-refractivity contribution in [1.29, 1.82) is 0 Å². The Bertz CT molecular complexity index is 713. The molecule has 0 heterocycles. The third kappa shape index (κ3) is 3.55. The lowest BCUT2D eigenvalue weighted by Gasteiger charge is -2.10. The number of aliphatic carboxylic acids is 1. The van der Waals surface area contributed by atoms with Crippen LogP contribution in [-0.4, -0.2) is 11.1 Å². The van der Waals surface area contributed by atoms with Crippen molar-refractivity contribution >= 4 is 12.0 Å². The second-order valence-corrected chi connectivity index (χ2v) is 4.79. The number of hydrogen-bond donors (Lipinski definition) is 1. The van der Waals surface area contributed by atoms with Crippen LogP contribution in [0.1, 0.15) is 18.1 Å². The molecule has 0 radical (unpaired) electrons. The van der Waals surface area contributed by atoms with Gasteiger partial charge >= 0.3 is 12.1 Å². The molecule has 0 unspecified atom stereocenters. The largest absolute Gasteiger partial charge is 0.478 e. The first kappa shape index (κ1) is 15.8. The maximum atomic E-state index is 12.6.